The highest BCUT2D eigenvalue weighted by molar-refractivity contribution is 6.75. The minimum absolute atomic E-state index is 0.586. The third-order valence-electron chi connectivity index (χ3n) is 8.00. The second-order valence-electron chi connectivity index (χ2n) is 8.97. The first-order chi connectivity index (χ1) is 15.3. The van der Waals surface area contributed by atoms with Gasteiger partial charge in [-0.05, 0) is 66.5 Å². The molecule has 32 heavy (non-hydrogen) atoms. The Bertz CT molecular complexity index is 687. The Morgan fingerprint density at radius 1 is 0.562 bits per heavy atom. The van der Waals surface area contributed by atoms with E-state index in [0.29, 0.717) is 17.1 Å². The highest BCUT2D eigenvalue weighted by Gasteiger charge is 2.39. The maximum Gasteiger partial charge on any atom is 0.250 e. The predicted octanol–water partition coefficient (Wildman–Crippen LogP) is 8.65. The van der Waals surface area contributed by atoms with Crippen molar-refractivity contribution in [3.8, 4) is 17.2 Å². The average Bonchev–Trinajstić information content (AvgIpc) is 2.85. The molecule has 1 aromatic rings. The number of hydrogen-bond donors (Lipinski definition) is 0. The van der Waals surface area contributed by atoms with Gasteiger partial charge in [-0.1, -0.05) is 62.3 Å². The Morgan fingerprint density at radius 3 is 1.25 bits per heavy atom. The highest BCUT2D eigenvalue weighted by Crippen LogP contribution is 2.46. The van der Waals surface area contributed by atoms with Crippen LogP contribution in [0.2, 0.25) is 54.4 Å². The van der Waals surface area contributed by atoms with Crippen molar-refractivity contribution in [2.75, 3.05) is 0 Å². The average molecular weight is 497 g/mol. The van der Waals surface area contributed by atoms with E-state index in [9.17, 15) is 4.79 Å². The van der Waals surface area contributed by atoms with Crippen LogP contribution in [0, 0.1) is 0 Å². The normalized spacial score (nSPS) is 12.5. The van der Waals surface area contributed by atoms with Crippen molar-refractivity contribution < 1.29 is 18.1 Å². The highest BCUT2D eigenvalue weighted by atomic mass is 28.4. The van der Waals surface area contributed by atoms with Crippen molar-refractivity contribution in [1.29, 1.82) is 0 Å². The van der Waals surface area contributed by atoms with E-state index >= 15 is 0 Å². The summed E-state index contributed by atoms with van der Waals surface area (Å²) in [6.45, 7) is 20.1. The molecule has 184 valence electrons. The van der Waals surface area contributed by atoms with E-state index in [1.54, 1.807) is 0 Å². The van der Waals surface area contributed by atoms with Gasteiger partial charge in [-0.2, -0.15) is 0 Å². The third-order valence-corrected chi connectivity index (χ3v) is 21.5. The fourth-order valence-electron chi connectivity index (χ4n) is 4.50. The Hall–Kier alpha value is -1.06. The number of benzene rings is 1. The standard InChI is InChI=1S/C25H48O4Si3/c1-10-30(11-2,12-3)27-23-20-19-22(21-26)24(28-31(13-4,14-5)15-6)25(23)29-32(16-7,17-8)18-9/h19-21H,10-18H2,1-9H3. The van der Waals surface area contributed by atoms with Gasteiger partial charge in [0.2, 0.25) is 0 Å². The maximum absolute atomic E-state index is 12.1. The molecule has 0 atom stereocenters. The van der Waals surface area contributed by atoms with Crippen LogP contribution in [0.4, 0.5) is 0 Å². The quantitative estimate of drug-likeness (QED) is 0.170. The SMILES string of the molecule is CC[Si](CC)(CC)Oc1ccc(C=O)c(O[Si](CC)(CC)CC)c1O[Si](CC)(CC)CC. The van der Waals surface area contributed by atoms with Gasteiger partial charge < -0.3 is 13.3 Å². The number of rotatable bonds is 16. The van der Waals surface area contributed by atoms with Crippen LogP contribution in [0.25, 0.3) is 0 Å². The van der Waals surface area contributed by atoms with E-state index in [4.69, 9.17) is 13.3 Å². The molecule has 0 spiro atoms. The second kappa shape index (κ2) is 13.0. The summed E-state index contributed by atoms with van der Waals surface area (Å²) in [5, 5.41) is 0. The van der Waals surface area contributed by atoms with E-state index in [2.05, 4.69) is 62.3 Å². The van der Waals surface area contributed by atoms with E-state index < -0.39 is 25.0 Å². The zero-order chi connectivity index (χ0) is 24.4. The molecule has 0 N–H and O–H groups in total. The lowest BCUT2D eigenvalue weighted by molar-refractivity contribution is 0.112. The van der Waals surface area contributed by atoms with Crippen molar-refractivity contribution in [2.45, 2.75) is 117 Å². The van der Waals surface area contributed by atoms with Crippen LogP contribution in [0.1, 0.15) is 72.7 Å². The minimum Gasteiger partial charge on any atom is -0.541 e. The van der Waals surface area contributed by atoms with Crippen molar-refractivity contribution in [3.63, 3.8) is 0 Å². The predicted molar refractivity (Wildman–Crippen MR) is 145 cm³/mol. The van der Waals surface area contributed by atoms with Gasteiger partial charge in [0, 0.05) is 0 Å². The molecule has 0 aromatic heterocycles. The van der Waals surface area contributed by atoms with Crippen LogP contribution in [0.5, 0.6) is 17.2 Å². The monoisotopic (exact) mass is 496 g/mol. The summed E-state index contributed by atoms with van der Waals surface area (Å²) < 4.78 is 20.7. The summed E-state index contributed by atoms with van der Waals surface area (Å²) in [5.74, 6) is 2.15. The van der Waals surface area contributed by atoms with Crippen molar-refractivity contribution in [3.05, 3.63) is 17.7 Å². The molecule has 0 unspecified atom stereocenters. The van der Waals surface area contributed by atoms with Crippen LogP contribution in [0.15, 0.2) is 12.1 Å². The largest absolute Gasteiger partial charge is 0.541 e. The van der Waals surface area contributed by atoms with Gasteiger partial charge >= 0.3 is 0 Å². The molecule has 0 heterocycles. The molecule has 0 amide bonds. The Balaban J connectivity index is 3.82. The molecule has 4 nitrogen and oxygen atoms in total. The first kappa shape index (κ1) is 29.0. The summed E-state index contributed by atoms with van der Waals surface area (Å²) in [6, 6.07) is 13.1. The van der Waals surface area contributed by atoms with Gasteiger partial charge in [-0.3, -0.25) is 4.79 Å². The van der Waals surface area contributed by atoms with Crippen LogP contribution in [-0.4, -0.2) is 31.2 Å². The topological polar surface area (TPSA) is 44.8 Å². The van der Waals surface area contributed by atoms with Gasteiger partial charge in [0.15, 0.2) is 17.8 Å². The van der Waals surface area contributed by atoms with Crippen LogP contribution < -0.4 is 13.3 Å². The fraction of sp³-hybridized carbons (Fsp3) is 0.720. The molecule has 0 aliphatic heterocycles. The molecule has 0 fully saturated rings. The molecule has 0 aliphatic rings. The lowest BCUT2D eigenvalue weighted by Gasteiger charge is -2.37. The molecule has 0 saturated heterocycles. The number of carbonyl (C=O) groups excluding carboxylic acids is 1. The fourth-order valence-corrected chi connectivity index (χ4v) is 12.2. The zero-order valence-corrected chi connectivity index (χ0v) is 25.2. The maximum atomic E-state index is 12.1. The minimum atomic E-state index is -2.02. The van der Waals surface area contributed by atoms with Crippen molar-refractivity contribution in [2.24, 2.45) is 0 Å². The lowest BCUT2D eigenvalue weighted by atomic mass is 10.2. The van der Waals surface area contributed by atoms with Gasteiger partial charge in [0.1, 0.15) is 5.75 Å². The molecule has 0 radical (unpaired) electrons. The van der Waals surface area contributed by atoms with E-state index in [-0.39, 0.29) is 0 Å². The van der Waals surface area contributed by atoms with Gasteiger partial charge in [0.25, 0.3) is 25.0 Å². The first-order valence-electron chi connectivity index (χ1n) is 13.0. The van der Waals surface area contributed by atoms with Crippen LogP contribution in [0.3, 0.4) is 0 Å². The first-order valence-corrected chi connectivity index (χ1v) is 20.5. The molecular weight excluding hydrogens is 449 g/mol. The van der Waals surface area contributed by atoms with Gasteiger partial charge in [0.05, 0.1) is 5.56 Å². The summed E-state index contributed by atoms with van der Waals surface area (Å²) in [4.78, 5) is 12.1. The van der Waals surface area contributed by atoms with Gasteiger partial charge in [-0.25, -0.2) is 0 Å². The lowest BCUT2D eigenvalue weighted by Crippen LogP contribution is -2.43. The Kier molecular flexibility index (Phi) is 11.8. The third kappa shape index (κ3) is 6.29. The van der Waals surface area contributed by atoms with E-state index in [1.807, 2.05) is 12.1 Å². The Morgan fingerprint density at radius 2 is 0.906 bits per heavy atom. The zero-order valence-electron chi connectivity index (χ0n) is 22.2. The second-order valence-corrected chi connectivity index (χ2v) is 23.0. The summed E-state index contributed by atoms with van der Waals surface area (Å²) in [6.07, 6.45) is 0.920. The Labute approximate surface area is 200 Å². The smallest absolute Gasteiger partial charge is 0.250 e. The van der Waals surface area contributed by atoms with Crippen molar-refractivity contribution >= 4 is 31.2 Å². The van der Waals surface area contributed by atoms with Crippen LogP contribution >= 0.6 is 0 Å². The number of carbonyl (C=O) groups is 1. The molecule has 7 heteroatoms. The number of aldehydes is 1. The summed E-state index contributed by atoms with van der Waals surface area (Å²) in [5.41, 5.74) is 0.586. The van der Waals surface area contributed by atoms with Crippen molar-refractivity contribution in [1.82, 2.24) is 0 Å². The molecule has 1 aromatic carbocycles. The molecule has 0 saturated carbocycles. The molecule has 1 rings (SSSR count). The number of hydrogen-bond acceptors (Lipinski definition) is 4. The molecule has 0 aliphatic carbocycles. The molecule has 0 bridgehead atoms. The molecular formula is C25H48O4Si3. The van der Waals surface area contributed by atoms with E-state index in [0.717, 1.165) is 66.4 Å². The summed E-state index contributed by atoms with van der Waals surface area (Å²) >= 11 is 0. The van der Waals surface area contributed by atoms with Crippen LogP contribution in [-0.2, 0) is 0 Å². The van der Waals surface area contributed by atoms with E-state index in [1.165, 1.54) is 0 Å². The van der Waals surface area contributed by atoms with Gasteiger partial charge in [-0.15, -0.1) is 0 Å². The summed E-state index contributed by atoms with van der Waals surface area (Å²) in [7, 11) is -5.96.